The van der Waals surface area contributed by atoms with Crippen molar-refractivity contribution in [2.24, 2.45) is 14.1 Å². The lowest BCUT2D eigenvalue weighted by Gasteiger charge is -2.38. The van der Waals surface area contributed by atoms with Gasteiger partial charge in [0.25, 0.3) is 5.56 Å². The Morgan fingerprint density at radius 2 is 2.00 bits per heavy atom. The molecule has 1 aliphatic heterocycles. The smallest absolute Gasteiger partial charge is 0.332 e. The molecular weight excluding hydrogens is 312 g/mol. The van der Waals surface area contributed by atoms with E-state index in [-0.39, 0.29) is 35.7 Å². The lowest BCUT2D eigenvalue weighted by Crippen LogP contribution is -2.57. The van der Waals surface area contributed by atoms with Crippen LogP contribution in [0.2, 0.25) is 0 Å². The number of rotatable bonds is 2. The average Bonchev–Trinajstić information content (AvgIpc) is 2.97. The molecule has 1 saturated heterocycles. The highest BCUT2D eigenvalue weighted by Gasteiger charge is 2.28. The number of nitrogens with one attached hydrogen (secondary N) is 1. The van der Waals surface area contributed by atoms with Gasteiger partial charge in [-0.25, -0.2) is 9.78 Å². The van der Waals surface area contributed by atoms with E-state index in [4.69, 9.17) is 0 Å². The van der Waals surface area contributed by atoms with Crippen LogP contribution in [0.25, 0.3) is 11.2 Å². The van der Waals surface area contributed by atoms with E-state index >= 15 is 0 Å². The van der Waals surface area contributed by atoms with Crippen LogP contribution in [0.4, 0.5) is 0 Å². The molecular formula is C15H22N6O3. The molecule has 9 heteroatoms. The van der Waals surface area contributed by atoms with Gasteiger partial charge in [0.2, 0.25) is 5.91 Å². The molecule has 2 unspecified atom stereocenters. The van der Waals surface area contributed by atoms with Gasteiger partial charge in [0.15, 0.2) is 11.2 Å². The van der Waals surface area contributed by atoms with Crippen LogP contribution in [0.3, 0.4) is 0 Å². The van der Waals surface area contributed by atoms with Gasteiger partial charge in [0.1, 0.15) is 6.54 Å². The Balaban J connectivity index is 1.98. The first-order valence-corrected chi connectivity index (χ1v) is 7.96. The summed E-state index contributed by atoms with van der Waals surface area (Å²) in [5.74, 6) is -0.0638. The zero-order valence-electron chi connectivity index (χ0n) is 14.3. The molecule has 0 saturated carbocycles. The Hall–Kier alpha value is -2.42. The van der Waals surface area contributed by atoms with Crippen molar-refractivity contribution in [2.75, 3.05) is 13.1 Å². The SMILES string of the molecule is CC1NCCN(C(=O)Cn2cnc3c2c(=O)n(C)c(=O)n3C)C1C. The molecule has 0 bridgehead atoms. The maximum atomic E-state index is 12.7. The number of carbonyl (C=O) groups excluding carboxylic acids is 1. The van der Waals surface area contributed by atoms with Gasteiger partial charge in [0.05, 0.1) is 6.33 Å². The standard InChI is InChI=1S/C15H22N6O3/c1-9-10(2)21(6-5-16-9)11(22)7-20-8-17-13-12(20)14(23)19(4)15(24)18(13)3/h8-10,16H,5-7H2,1-4H3. The molecule has 24 heavy (non-hydrogen) atoms. The largest absolute Gasteiger partial charge is 0.336 e. The fourth-order valence-electron chi connectivity index (χ4n) is 3.16. The molecule has 1 amide bonds. The molecule has 1 N–H and O–H groups in total. The van der Waals surface area contributed by atoms with Gasteiger partial charge in [-0.05, 0) is 13.8 Å². The second-order valence-electron chi connectivity index (χ2n) is 6.32. The zero-order valence-corrected chi connectivity index (χ0v) is 14.3. The summed E-state index contributed by atoms with van der Waals surface area (Å²) in [7, 11) is 2.98. The second kappa shape index (κ2) is 5.90. The monoisotopic (exact) mass is 334 g/mol. The molecule has 0 aromatic carbocycles. The summed E-state index contributed by atoms with van der Waals surface area (Å²) in [5, 5.41) is 3.33. The molecule has 0 radical (unpaired) electrons. The molecule has 2 aromatic heterocycles. The number of hydrogen-bond donors (Lipinski definition) is 1. The molecule has 1 aliphatic rings. The molecule has 130 valence electrons. The number of aryl methyl sites for hydroxylation is 1. The van der Waals surface area contributed by atoms with Gasteiger partial charge in [-0.1, -0.05) is 0 Å². The van der Waals surface area contributed by atoms with E-state index in [0.717, 1.165) is 11.1 Å². The fraction of sp³-hybridized carbons (Fsp3) is 0.600. The van der Waals surface area contributed by atoms with Gasteiger partial charge < -0.3 is 14.8 Å². The van der Waals surface area contributed by atoms with Gasteiger partial charge in [-0.15, -0.1) is 0 Å². The van der Waals surface area contributed by atoms with Crippen LogP contribution >= 0.6 is 0 Å². The molecule has 2 aromatic rings. The summed E-state index contributed by atoms with van der Waals surface area (Å²) >= 11 is 0. The Morgan fingerprint density at radius 3 is 2.71 bits per heavy atom. The number of carbonyl (C=O) groups is 1. The first-order chi connectivity index (χ1) is 11.3. The van der Waals surface area contributed by atoms with Crippen LogP contribution < -0.4 is 16.6 Å². The van der Waals surface area contributed by atoms with Gasteiger partial charge in [0, 0.05) is 39.3 Å². The van der Waals surface area contributed by atoms with Crippen molar-refractivity contribution in [3.05, 3.63) is 27.2 Å². The van der Waals surface area contributed by atoms with Crippen molar-refractivity contribution in [1.29, 1.82) is 0 Å². The summed E-state index contributed by atoms with van der Waals surface area (Å²) in [5.41, 5.74) is -0.324. The molecule has 3 heterocycles. The maximum Gasteiger partial charge on any atom is 0.332 e. The lowest BCUT2D eigenvalue weighted by atomic mass is 10.1. The van der Waals surface area contributed by atoms with E-state index in [1.165, 1.54) is 22.5 Å². The van der Waals surface area contributed by atoms with Crippen molar-refractivity contribution >= 4 is 17.1 Å². The van der Waals surface area contributed by atoms with E-state index in [0.29, 0.717) is 6.54 Å². The van der Waals surface area contributed by atoms with E-state index in [2.05, 4.69) is 10.3 Å². The summed E-state index contributed by atoms with van der Waals surface area (Å²) in [6, 6.07) is 0.296. The van der Waals surface area contributed by atoms with Crippen LogP contribution in [-0.4, -0.2) is 54.7 Å². The quantitative estimate of drug-likeness (QED) is 0.732. The molecule has 3 rings (SSSR count). The fourth-order valence-corrected chi connectivity index (χ4v) is 3.16. The zero-order chi connectivity index (χ0) is 17.6. The predicted octanol–water partition coefficient (Wildman–Crippen LogP) is -1.36. The van der Waals surface area contributed by atoms with Crippen LogP contribution in [0, 0.1) is 0 Å². The van der Waals surface area contributed by atoms with Gasteiger partial charge in [-0.3, -0.25) is 18.7 Å². The predicted molar refractivity (Wildman–Crippen MR) is 88.9 cm³/mol. The van der Waals surface area contributed by atoms with Gasteiger partial charge >= 0.3 is 5.69 Å². The number of imidazole rings is 1. The highest BCUT2D eigenvalue weighted by Crippen LogP contribution is 2.12. The van der Waals surface area contributed by atoms with Gasteiger partial charge in [-0.2, -0.15) is 0 Å². The van der Waals surface area contributed by atoms with Crippen LogP contribution in [0.5, 0.6) is 0 Å². The average molecular weight is 334 g/mol. The minimum absolute atomic E-state index is 0.0288. The molecule has 0 spiro atoms. The summed E-state index contributed by atoms with van der Waals surface area (Å²) in [4.78, 5) is 43.0. The van der Waals surface area contributed by atoms with Crippen LogP contribution in [0.1, 0.15) is 13.8 Å². The third-order valence-electron chi connectivity index (χ3n) is 4.88. The minimum Gasteiger partial charge on any atom is -0.336 e. The first kappa shape index (κ1) is 16.4. The van der Waals surface area contributed by atoms with E-state index in [1.807, 2.05) is 18.7 Å². The molecule has 1 fully saturated rings. The van der Waals surface area contributed by atoms with Crippen molar-refractivity contribution < 1.29 is 4.79 Å². The Morgan fingerprint density at radius 1 is 1.29 bits per heavy atom. The second-order valence-corrected chi connectivity index (χ2v) is 6.32. The third-order valence-corrected chi connectivity index (χ3v) is 4.88. The number of amides is 1. The van der Waals surface area contributed by atoms with E-state index in [9.17, 15) is 14.4 Å². The Kier molecular flexibility index (Phi) is 4.04. The number of piperazine rings is 1. The van der Waals surface area contributed by atoms with Crippen LogP contribution in [0.15, 0.2) is 15.9 Å². The molecule has 2 atom stereocenters. The first-order valence-electron chi connectivity index (χ1n) is 7.96. The summed E-state index contributed by atoms with van der Waals surface area (Å²) in [6.45, 7) is 5.46. The minimum atomic E-state index is -0.444. The maximum absolute atomic E-state index is 12.7. The lowest BCUT2D eigenvalue weighted by molar-refractivity contribution is -0.135. The number of nitrogens with zero attached hydrogens (tertiary/aromatic N) is 5. The summed E-state index contributed by atoms with van der Waals surface area (Å²) in [6.07, 6.45) is 1.44. The van der Waals surface area contributed by atoms with E-state index < -0.39 is 11.2 Å². The number of hydrogen-bond acceptors (Lipinski definition) is 5. The van der Waals surface area contributed by atoms with Crippen molar-refractivity contribution in [3.63, 3.8) is 0 Å². The van der Waals surface area contributed by atoms with Crippen molar-refractivity contribution in [2.45, 2.75) is 32.5 Å². The van der Waals surface area contributed by atoms with Crippen LogP contribution in [-0.2, 0) is 25.4 Å². The highest BCUT2D eigenvalue weighted by molar-refractivity contribution is 5.79. The van der Waals surface area contributed by atoms with E-state index in [1.54, 1.807) is 7.05 Å². The summed E-state index contributed by atoms with van der Waals surface area (Å²) < 4.78 is 3.87. The topological polar surface area (TPSA) is 94.2 Å². The molecule has 0 aliphatic carbocycles. The Labute approximate surface area is 138 Å². The number of aromatic nitrogens is 4. The Bertz CT molecular complexity index is 908. The number of fused-ring (bicyclic) bond motifs is 1. The van der Waals surface area contributed by atoms with Crippen molar-refractivity contribution in [1.82, 2.24) is 28.9 Å². The highest BCUT2D eigenvalue weighted by atomic mass is 16.2. The normalized spacial score (nSPS) is 21.4. The molecule has 9 nitrogen and oxygen atoms in total. The van der Waals surface area contributed by atoms with Crippen molar-refractivity contribution in [3.8, 4) is 0 Å². The third kappa shape index (κ3) is 2.44.